The molecule has 0 unspecified atom stereocenters. The minimum Gasteiger partial charge on any atom is -0.323 e. The largest absolute Gasteiger partial charge is 0.323 e. The molecule has 3 atom stereocenters. The highest BCUT2D eigenvalue weighted by Crippen LogP contribution is 2.35. The Morgan fingerprint density at radius 2 is 1.92 bits per heavy atom. The maximum Gasteiger partial charge on any atom is 0.105 e. The summed E-state index contributed by atoms with van der Waals surface area (Å²) in [6.45, 7) is 2.62. The van der Waals surface area contributed by atoms with Gasteiger partial charge in [-0.3, -0.25) is 0 Å². The van der Waals surface area contributed by atoms with Gasteiger partial charge in [-0.2, -0.15) is 5.26 Å². The number of piperidine rings is 2. The van der Waals surface area contributed by atoms with Crippen molar-refractivity contribution >= 4 is 0 Å². The first-order valence-electron chi connectivity index (χ1n) is 5.50. The Labute approximate surface area is 80.7 Å². The lowest BCUT2D eigenvalue weighted by Gasteiger charge is -2.49. The first kappa shape index (κ1) is 9.02. The van der Waals surface area contributed by atoms with Crippen LogP contribution in [-0.4, -0.2) is 30.7 Å². The van der Waals surface area contributed by atoms with Crippen LogP contribution in [0.25, 0.3) is 0 Å². The first-order chi connectivity index (χ1) is 6.26. The molecule has 0 aromatic carbocycles. The molecular weight excluding hydrogens is 160 g/mol. The van der Waals surface area contributed by atoms with Gasteiger partial charge in [0.05, 0.1) is 32.1 Å². The summed E-state index contributed by atoms with van der Waals surface area (Å²) in [6.07, 6.45) is 6.40. The maximum atomic E-state index is 9.08. The third-order valence-electron chi connectivity index (χ3n) is 4.03. The Bertz CT molecular complexity index is 227. The molecule has 2 rings (SSSR count). The van der Waals surface area contributed by atoms with Gasteiger partial charge < -0.3 is 4.48 Å². The summed E-state index contributed by atoms with van der Waals surface area (Å²) in [7, 11) is 2.35. The number of fused-ring (bicyclic) bond motifs is 1. The van der Waals surface area contributed by atoms with Gasteiger partial charge in [-0.1, -0.05) is 0 Å². The van der Waals surface area contributed by atoms with E-state index in [0.29, 0.717) is 12.0 Å². The van der Waals surface area contributed by atoms with Crippen LogP contribution >= 0.6 is 0 Å². The second-order valence-electron chi connectivity index (χ2n) is 4.87. The molecule has 2 fully saturated rings. The van der Waals surface area contributed by atoms with Crippen LogP contribution in [0.2, 0.25) is 0 Å². The highest BCUT2D eigenvalue weighted by Gasteiger charge is 2.43. The van der Waals surface area contributed by atoms with Gasteiger partial charge in [-0.25, -0.2) is 0 Å². The van der Waals surface area contributed by atoms with Crippen molar-refractivity contribution < 1.29 is 4.48 Å². The molecule has 0 aliphatic carbocycles. The van der Waals surface area contributed by atoms with E-state index in [-0.39, 0.29) is 0 Å². The number of quaternary nitrogens is 1. The third-order valence-corrected chi connectivity index (χ3v) is 4.03. The predicted octanol–water partition coefficient (Wildman–Crippen LogP) is 1.92. The number of hydrogen-bond donors (Lipinski definition) is 0. The van der Waals surface area contributed by atoms with Gasteiger partial charge in [0.25, 0.3) is 0 Å². The molecule has 72 valence electrons. The topological polar surface area (TPSA) is 23.8 Å². The number of hydrogen-bond acceptors (Lipinski definition) is 1. The average Bonchev–Trinajstić information content (AvgIpc) is 2.15. The van der Waals surface area contributed by atoms with Crippen LogP contribution in [-0.2, 0) is 0 Å². The molecule has 2 nitrogen and oxygen atoms in total. The standard InChI is InChI=1S/C11H19N2/c1-13-7-3-2-6-11(13)10(9-12)5-4-8-13/h10-11H,2-8H2,1H3/q+1/t10-,11+,13-/m1/s1. The molecule has 0 bridgehead atoms. The lowest BCUT2D eigenvalue weighted by Crippen LogP contribution is -2.60. The molecule has 0 saturated carbocycles. The molecule has 13 heavy (non-hydrogen) atoms. The van der Waals surface area contributed by atoms with Crippen LogP contribution in [0.1, 0.15) is 32.1 Å². The summed E-state index contributed by atoms with van der Waals surface area (Å²) < 4.78 is 1.19. The Morgan fingerprint density at radius 3 is 2.69 bits per heavy atom. The number of nitriles is 1. The average molecular weight is 179 g/mol. The lowest BCUT2D eigenvalue weighted by atomic mass is 9.82. The molecule has 0 aromatic rings. The van der Waals surface area contributed by atoms with E-state index in [0.717, 1.165) is 6.42 Å². The van der Waals surface area contributed by atoms with Gasteiger partial charge in [0.1, 0.15) is 6.04 Å². The molecule has 0 N–H and O–H groups in total. The summed E-state index contributed by atoms with van der Waals surface area (Å²) >= 11 is 0. The zero-order valence-corrected chi connectivity index (χ0v) is 8.50. The molecule has 0 aromatic heterocycles. The molecule has 0 amide bonds. The third kappa shape index (κ3) is 1.46. The van der Waals surface area contributed by atoms with Crippen LogP contribution in [0, 0.1) is 17.2 Å². The first-order valence-corrected chi connectivity index (χ1v) is 5.50. The highest BCUT2D eigenvalue weighted by molar-refractivity contribution is 4.92. The van der Waals surface area contributed by atoms with Crippen molar-refractivity contribution in [3.8, 4) is 6.07 Å². The van der Waals surface area contributed by atoms with Crippen molar-refractivity contribution in [2.45, 2.75) is 38.1 Å². The summed E-state index contributed by atoms with van der Waals surface area (Å²) in [4.78, 5) is 0. The normalized spacial score (nSPS) is 44.9. The van der Waals surface area contributed by atoms with Gasteiger partial charge in [0.15, 0.2) is 0 Å². The second-order valence-corrected chi connectivity index (χ2v) is 4.87. The van der Waals surface area contributed by atoms with E-state index in [1.807, 2.05) is 0 Å². The minimum atomic E-state index is 0.346. The van der Waals surface area contributed by atoms with Crippen molar-refractivity contribution in [2.75, 3.05) is 20.1 Å². The van der Waals surface area contributed by atoms with Crippen LogP contribution < -0.4 is 0 Å². The summed E-state index contributed by atoms with van der Waals surface area (Å²) in [5.41, 5.74) is 0. The molecular formula is C11H19N2+. The Kier molecular flexibility index (Phi) is 2.29. The Balaban J connectivity index is 2.17. The van der Waals surface area contributed by atoms with Crippen molar-refractivity contribution in [1.82, 2.24) is 0 Å². The smallest absolute Gasteiger partial charge is 0.105 e. The van der Waals surface area contributed by atoms with E-state index in [2.05, 4.69) is 13.1 Å². The Morgan fingerprint density at radius 1 is 1.15 bits per heavy atom. The van der Waals surface area contributed by atoms with E-state index in [1.54, 1.807) is 0 Å². The monoisotopic (exact) mass is 179 g/mol. The maximum absolute atomic E-state index is 9.08. The molecule has 0 radical (unpaired) electrons. The molecule has 2 aliphatic rings. The number of rotatable bonds is 0. The van der Waals surface area contributed by atoms with Crippen molar-refractivity contribution in [3.63, 3.8) is 0 Å². The predicted molar refractivity (Wildman–Crippen MR) is 51.9 cm³/mol. The molecule has 0 spiro atoms. The fourth-order valence-corrected chi connectivity index (χ4v) is 3.23. The molecule has 2 aliphatic heterocycles. The zero-order valence-electron chi connectivity index (χ0n) is 8.50. The van der Waals surface area contributed by atoms with Gasteiger partial charge in [0.2, 0.25) is 0 Å². The van der Waals surface area contributed by atoms with E-state index >= 15 is 0 Å². The second kappa shape index (κ2) is 3.31. The van der Waals surface area contributed by atoms with Crippen LogP contribution in [0.3, 0.4) is 0 Å². The van der Waals surface area contributed by atoms with E-state index < -0.39 is 0 Å². The van der Waals surface area contributed by atoms with Gasteiger partial charge in [-0.05, 0) is 25.7 Å². The van der Waals surface area contributed by atoms with Crippen LogP contribution in [0.15, 0.2) is 0 Å². The lowest BCUT2D eigenvalue weighted by molar-refractivity contribution is -0.945. The van der Waals surface area contributed by atoms with Crippen molar-refractivity contribution in [1.29, 1.82) is 5.26 Å². The van der Waals surface area contributed by atoms with Gasteiger partial charge in [0, 0.05) is 6.42 Å². The molecule has 2 heterocycles. The molecule has 2 saturated heterocycles. The summed E-state index contributed by atoms with van der Waals surface area (Å²) in [5, 5.41) is 9.08. The van der Waals surface area contributed by atoms with Gasteiger partial charge >= 0.3 is 0 Å². The fraction of sp³-hybridized carbons (Fsp3) is 0.909. The SMILES string of the molecule is C[N@+]12CCCC[C@H]1[C@@H](C#N)CCC2. The number of nitrogens with zero attached hydrogens (tertiary/aromatic N) is 2. The summed E-state index contributed by atoms with van der Waals surface area (Å²) in [6, 6.07) is 3.17. The van der Waals surface area contributed by atoms with E-state index in [9.17, 15) is 0 Å². The fourth-order valence-electron chi connectivity index (χ4n) is 3.23. The Hall–Kier alpha value is -0.550. The van der Waals surface area contributed by atoms with Crippen molar-refractivity contribution in [2.24, 2.45) is 5.92 Å². The van der Waals surface area contributed by atoms with E-state index in [4.69, 9.17) is 5.26 Å². The highest BCUT2D eigenvalue weighted by atomic mass is 15.4. The zero-order chi connectivity index (χ0) is 9.31. The van der Waals surface area contributed by atoms with Crippen LogP contribution in [0.4, 0.5) is 0 Å². The van der Waals surface area contributed by atoms with E-state index in [1.165, 1.54) is 43.3 Å². The molecule has 2 heteroatoms. The minimum absolute atomic E-state index is 0.346. The van der Waals surface area contributed by atoms with Gasteiger partial charge in [-0.15, -0.1) is 0 Å². The quantitative estimate of drug-likeness (QED) is 0.521. The van der Waals surface area contributed by atoms with Crippen molar-refractivity contribution in [3.05, 3.63) is 0 Å². The summed E-state index contributed by atoms with van der Waals surface area (Å²) in [5.74, 6) is 0.346. The van der Waals surface area contributed by atoms with Crippen LogP contribution in [0.5, 0.6) is 0 Å².